The second-order valence-electron chi connectivity index (χ2n) is 10.8. The highest BCUT2D eigenvalue weighted by Gasteiger charge is 2.25. The van der Waals surface area contributed by atoms with Crippen molar-refractivity contribution >= 4 is 23.5 Å². The minimum Gasteiger partial charge on any atom is -0.418 e. The predicted molar refractivity (Wildman–Crippen MR) is 139 cm³/mol. The largest absolute Gasteiger partial charge is 0.418 e. The lowest BCUT2D eigenvalue weighted by atomic mass is 9.87. The van der Waals surface area contributed by atoms with E-state index in [9.17, 15) is 4.39 Å². The first-order valence-corrected chi connectivity index (χ1v) is 12.3. The molecule has 0 unspecified atom stereocenters. The molecule has 0 radical (unpaired) electrons. The molecule has 5 rings (SSSR count). The monoisotopic (exact) mass is 494 g/mol. The van der Waals surface area contributed by atoms with Gasteiger partial charge in [-0.3, -0.25) is 4.99 Å². The van der Waals surface area contributed by atoms with Gasteiger partial charge < -0.3 is 19.9 Å². The van der Waals surface area contributed by atoms with Crippen molar-refractivity contribution in [1.82, 2.24) is 14.9 Å². The number of nitrogens with one attached hydrogen (secondary N) is 1. The Balaban J connectivity index is 1.48. The number of anilines is 2. The van der Waals surface area contributed by atoms with E-state index in [0.717, 1.165) is 31.8 Å². The number of ether oxygens (including phenoxy) is 1. The molecule has 36 heavy (non-hydrogen) atoms. The Bertz CT molecular complexity index is 1290. The average molecular weight is 495 g/mol. The Morgan fingerprint density at radius 3 is 2.47 bits per heavy atom. The molecule has 1 fully saturated rings. The lowest BCUT2D eigenvalue weighted by molar-refractivity contribution is 0.311. The van der Waals surface area contributed by atoms with Gasteiger partial charge in [0.1, 0.15) is 17.5 Å². The molecule has 190 valence electrons. The number of fused-ring (bicyclic) bond motifs is 1. The van der Waals surface area contributed by atoms with Gasteiger partial charge in [0, 0.05) is 37.8 Å². The maximum atomic E-state index is 15.3. The molecular weight excluding hydrogens is 462 g/mol. The van der Waals surface area contributed by atoms with Gasteiger partial charge in [-0.25, -0.2) is 8.78 Å². The fourth-order valence-corrected chi connectivity index (χ4v) is 4.56. The molecule has 3 heterocycles. The van der Waals surface area contributed by atoms with Crippen LogP contribution >= 0.6 is 0 Å². The zero-order valence-electron chi connectivity index (χ0n) is 21.5. The molecule has 1 N–H and O–H groups in total. The highest BCUT2D eigenvalue weighted by Crippen LogP contribution is 2.36. The third kappa shape index (κ3) is 4.97. The summed E-state index contributed by atoms with van der Waals surface area (Å²) in [5.41, 5.74) is 3.16. The molecule has 0 atom stereocenters. The number of hydrogen-bond acceptors (Lipinski definition) is 7. The van der Waals surface area contributed by atoms with Crippen molar-refractivity contribution in [1.29, 1.82) is 0 Å². The molecular formula is C27H32F2N6O. The Hall–Kier alpha value is -3.33. The van der Waals surface area contributed by atoms with E-state index in [2.05, 4.69) is 57.9 Å². The van der Waals surface area contributed by atoms with Gasteiger partial charge in [-0.05, 0) is 49.1 Å². The van der Waals surface area contributed by atoms with E-state index in [1.54, 1.807) is 6.08 Å². The van der Waals surface area contributed by atoms with Crippen LogP contribution in [0.1, 0.15) is 38.8 Å². The topological polar surface area (TPSA) is 65.9 Å². The average Bonchev–Trinajstić information content (AvgIpc) is 3.43. The van der Waals surface area contributed by atoms with Gasteiger partial charge in [-0.2, -0.15) is 9.97 Å². The fraction of sp³-hybridized carbons (Fsp3) is 0.444. The summed E-state index contributed by atoms with van der Waals surface area (Å²) in [7, 11) is 2.08. The Morgan fingerprint density at radius 1 is 1.03 bits per heavy atom. The van der Waals surface area contributed by atoms with Crippen molar-refractivity contribution in [3.63, 3.8) is 0 Å². The van der Waals surface area contributed by atoms with E-state index in [0.29, 0.717) is 41.6 Å². The number of piperazine rings is 1. The van der Waals surface area contributed by atoms with Crippen LogP contribution < -0.4 is 15.0 Å². The van der Waals surface area contributed by atoms with Crippen molar-refractivity contribution in [2.45, 2.75) is 34.1 Å². The van der Waals surface area contributed by atoms with E-state index in [-0.39, 0.29) is 11.4 Å². The first-order chi connectivity index (χ1) is 17.1. The third-order valence-corrected chi connectivity index (χ3v) is 6.82. The molecule has 2 aliphatic heterocycles. The maximum Gasteiger partial charge on any atom is 0.326 e. The Morgan fingerprint density at radius 2 is 1.78 bits per heavy atom. The molecule has 1 aromatic heterocycles. The Kier molecular flexibility index (Phi) is 6.28. The SMILES string of the molecule is CC1=Cc2c(cc(F)c(Oc3nc(NC4=NCC(C(C)(C)C)=C4)cc(N4CCN(C)CC4)n3)c2F)C1. The molecule has 7 nitrogen and oxygen atoms in total. The number of rotatable bonds is 4. The summed E-state index contributed by atoms with van der Waals surface area (Å²) in [5, 5.41) is 3.24. The lowest BCUT2D eigenvalue weighted by Gasteiger charge is -2.33. The van der Waals surface area contributed by atoms with Crippen LogP contribution in [0, 0.1) is 17.0 Å². The molecule has 2 aromatic rings. The summed E-state index contributed by atoms with van der Waals surface area (Å²) >= 11 is 0. The second kappa shape index (κ2) is 9.28. The summed E-state index contributed by atoms with van der Waals surface area (Å²) < 4.78 is 35.8. The molecule has 9 heteroatoms. The molecule has 0 spiro atoms. The van der Waals surface area contributed by atoms with Crippen LogP contribution in [0.25, 0.3) is 6.08 Å². The van der Waals surface area contributed by atoms with Crippen LogP contribution in [-0.4, -0.2) is 60.5 Å². The van der Waals surface area contributed by atoms with Crippen molar-refractivity contribution in [2.75, 3.05) is 50.0 Å². The van der Waals surface area contributed by atoms with Gasteiger partial charge in [-0.15, -0.1) is 0 Å². The summed E-state index contributed by atoms with van der Waals surface area (Å²) in [5.74, 6) is -0.222. The zero-order chi connectivity index (χ0) is 25.6. The van der Waals surface area contributed by atoms with Crippen LogP contribution in [0.15, 0.2) is 34.3 Å². The van der Waals surface area contributed by atoms with Crippen molar-refractivity contribution in [2.24, 2.45) is 10.4 Å². The number of allylic oxidation sites excluding steroid dienone is 1. The van der Waals surface area contributed by atoms with E-state index < -0.39 is 17.4 Å². The fourth-order valence-electron chi connectivity index (χ4n) is 4.56. The number of nitrogens with zero attached hydrogens (tertiary/aromatic N) is 5. The van der Waals surface area contributed by atoms with Gasteiger partial charge in [0.25, 0.3) is 0 Å². The summed E-state index contributed by atoms with van der Waals surface area (Å²) in [6, 6.07) is 3.03. The molecule has 3 aliphatic rings. The second-order valence-corrected chi connectivity index (χ2v) is 10.8. The van der Waals surface area contributed by atoms with Gasteiger partial charge in [-0.1, -0.05) is 32.4 Å². The van der Waals surface area contributed by atoms with Gasteiger partial charge in [0.2, 0.25) is 5.75 Å². The van der Waals surface area contributed by atoms with E-state index in [4.69, 9.17) is 4.74 Å². The maximum absolute atomic E-state index is 15.3. The number of aliphatic imine (C=N–C) groups is 1. The van der Waals surface area contributed by atoms with Crippen molar-refractivity contribution in [3.8, 4) is 11.8 Å². The zero-order valence-corrected chi connectivity index (χ0v) is 21.5. The highest BCUT2D eigenvalue weighted by atomic mass is 19.1. The minimum atomic E-state index is -0.768. The first kappa shape index (κ1) is 24.4. The van der Waals surface area contributed by atoms with E-state index in [1.165, 1.54) is 11.6 Å². The lowest BCUT2D eigenvalue weighted by Crippen LogP contribution is -2.44. The number of benzene rings is 1. The number of halogens is 2. The summed E-state index contributed by atoms with van der Waals surface area (Å²) in [4.78, 5) is 17.9. The minimum absolute atomic E-state index is 0.00723. The van der Waals surface area contributed by atoms with Crippen LogP contribution in [0.2, 0.25) is 0 Å². The smallest absolute Gasteiger partial charge is 0.326 e. The van der Waals surface area contributed by atoms with Crippen LogP contribution in [0.5, 0.6) is 11.8 Å². The van der Waals surface area contributed by atoms with Gasteiger partial charge in [0.15, 0.2) is 11.6 Å². The quantitative estimate of drug-likeness (QED) is 0.641. The van der Waals surface area contributed by atoms with E-state index in [1.807, 2.05) is 19.1 Å². The number of likely N-dealkylation sites (N-methyl/N-ethyl adjacent to an activating group) is 1. The Labute approximate surface area is 210 Å². The number of hydrogen-bond donors (Lipinski definition) is 1. The van der Waals surface area contributed by atoms with Crippen molar-refractivity contribution < 1.29 is 13.5 Å². The first-order valence-electron chi connectivity index (χ1n) is 12.3. The molecule has 0 amide bonds. The van der Waals surface area contributed by atoms with Gasteiger partial charge in [0.05, 0.1) is 6.54 Å². The van der Waals surface area contributed by atoms with Crippen LogP contribution in [0.4, 0.5) is 20.4 Å². The normalized spacial score (nSPS) is 18.1. The molecule has 0 bridgehead atoms. The van der Waals surface area contributed by atoms with Crippen molar-refractivity contribution in [3.05, 3.63) is 52.1 Å². The van der Waals surface area contributed by atoms with Crippen LogP contribution in [0.3, 0.4) is 0 Å². The molecule has 1 aliphatic carbocycles. The summed E-state index contributed by atoms with van der Waals surface area (Å²) in [6.45, 7) is 12.3. The molecule has 0 saturated carbocycles. The summed E-state index contributed by atoms with van der Waals surface area (Å²) in [6.07, 6.45) is 4.27. The highest BCUT2D eigenvalue weighted by molar-refractivity contribution is 6.05. The predicted octanol–water partition coefficient (Wildman–Crippen LogP) is 5.05. The van der Waals surface area contributed by atoms with Gasteiger partial charge >= 0.3 is 6.01 Å². The number of amidine groups is 1. The molecule has 1 aromatic carbocycles. The standard InChI is InChI=1S/C27H32F2N6O/c1-16-10-17-12-20(28)25(24(29)19(17)11-16)36-26-32-22(31-21-13-18(15-30-21)27(2,3)4)14-23(33-26)35-8-6-34(5)7-9-35/h11-14H,6-10,15H2,1-5H3,(H,30,31,32,33). The molecule has 1 saturated heterocycles. The number of aromatic nitrogens is 2. The third-order valence-electron chi connectivity index (χ3n) is 6.82. The van der Waals surface area contributed by atoms with Crippen LogP contribution in [-0.2, 0) is 6.42 Å². The van der Waals surface area contributed by atoms with E-state index >= 15 is 4.39 Å².